The maximum Gasteiger partial charge on any atom is 0.133 e. The molecule has 0 aliphatic carbocycles. The van der Waals surface area contributed by atoms with E-state index in [0.29, 0.717) is 4.47 Å². The molecule has 0 saturated carbocycles. The average molecular weight is 203 g/mol. The predicted octanol–water partition coefficient (Wildman–Crippen LogP) is 2.17. The minimum absolute atomic E-state index is 0.0671. The van der Waals surface area contributed by atoms with Crippen molar-refractivity contribution in [1.29, 1.82) is 0 Å². The van der Waals surface area contributed by atoms with Crippen LogP contribution in [0.25, 0.3) is 0 Å². The Kier molecular flexibility index (Phi) is 1.85. The van der Waals surface area contributed by atoms with E-state index < -0.39 is 0 Å². The summed E-state index contributed by atoms with van der Waals surface area (Å²) >= 11 is 3.15. The molecule has 0 heterocycles. The topological polar surface area (TPSA) is 40.5 Å². The highest BCUT2D eigenvalue weighted by Gasteiger charge is 2.01. The normalized spacial score (nSPS) is 9.80. The molecule has 0 fully saturated rings. The highest BCUT2D eigenvalue weighted by atomic mass is 79.9. The van der Waals surface area contributed by atoms with Crippen molar-refractivity contribution in [2.75, 3.05) is 0 Å². The van der Waals surface area contributed by atoms with Crippen molar-refractivity contribution in [3.05, 3.63) is 22.2 Å². The molecule has 0 aromatic heterocycles. The van der Waals surface area contributed by atoms with Crippen molar-refractivity contribution in [3.8, 4) is 11.5 Å². The highest BCUT2D eigenvalue weighted by Crippen LogP contribution is 2.30. The van der Waals surface area contributed by atoms with Crippen LogP contribution in [0.5, 0.6) is 11.5 Å². The maximum absolute atomic E-state index is 9.07. The van der Waals surface area contributed by atoms with E-state index >= 15 is 0 Å². The third-order valence-corrected chi connectivity index (χ3v) is 2.25. The Morgan fingerprint density at radius 3 is 2.40 bits per heavy atom. The largest absolute Gasteiger partial charge is 0.508 e. The van der Waals surface area contributed by atoms with Gasteiger partial charge in [0.15, 0.2) is 0 Å². The van der Waals surface area contributed by atoms with Gasteiger partial charge in [-0.05, 0) is 34.5 Å². The Hall–Kier alpha value is -0.700. The van der Waals surface area contributed by atoms with Crippen molar-refractivity contribution in [2.45, 2.75) is 6.92 Å². The van der Waals surface area contributed by atoms with Crippen LogP contribution in [0.15, 0.2) is 16.6 Å². The van der Waals surface area contributed by atoms with Crippen molar-refractivity contribution in [3.63, 3.8) is 0 Å². The number of halogens is 1. The molecule has 0 bridgehead atoms. The van der Waals surface area contributed by atoms with E-state index in [0.717, 1.165) is 5.56 Å². The van der Waals surface area contributed by atoms with E-state index in [1.54, 1.807) is 13.0 Å². The zero-order chi connectivity index (χ0) is 7.72. The first-order valence-corrected chi connectivity index (χ1v) is 3.58. The lowest BCUT2D eigenvalue weighted by atomic mass is 10.2. The summed E-state index contributed by atoms with van der Waals surface area (Å²) in [5, 5.41) is 18.0. The van der Waals surface area contributed by atoms with E-state index in [9.17, 15) is 0 Å². The summed E-state index contributed by atoms with van der Waals surface area (Å²) in [6.07, 6.45) is 0. The molecule has 2 N–H and O–H groups in total. The molecule has 0 spiro atoms. The Bertz CT molecular complexity index is 235. The number of aryl methyl sites for hydroxylation is 1. The number of aromatic hydroxyl groups is 2. The van der Waals surface area contributed by atoms with Crippen molar-refractivity contribution < 1.29 is 10.2 Å². The molecule has 0 amide bonds. The second-order valence-electron chi connectivity index (χ2n) is 2.10. The third kappa shape index (κ3) is 1.24. The van der Waals surface area contributed by atoms with Gasteiger partial charge >= 0.3 is 0 Å². The smallest absolute Gasteiger partial charge is 0.133 e. The number of hydrogen-bond acceptors (Lipinski definition) is 2. The lowest BCUT2D eigenvalue weighted by Crippen LogP contribution is -1.75. The third-order valence-electron chi connectivity index (χ3n) is 1.22. The van der Waals surface area contributed by atoms with E-state index in [1.807, 2.05) is 0 Å². The van der Waals surface area contributed by atoms with Gasteiger partial charge in [-0.1, -0.05) is 0 Å². The van der Waals surface area contributed by atoms with Gasteiger partial charge in [0, 0.05) is 6.07 Å². The van der Waals surface area contributed by atoms with Crippen molar-refractivity contribution >= 4 is 15.9 Å². The first-order valence-electron chi connectivity index (χ1n) is 2.79. The zero-order valence-electron chi connectivity index (χ0n) is 5.43. The second-order valence-corrected chi connectivity index (χ2v) is 2.89. The zero-order valence-corrected chi connectivity index (χ0v) is 7.01. The van der Waals surface area contributed by atoms with Crippen LogP contribution in [0.3, 0.4) is 0 Å². The Morgan fingerprint density at radius 2 is 1.90 bits per heavy atom. The van der Waals surface area contributed by atoms with Crippen LogP contribution < -0.4 is 0 Å². The fraction of sp³-hybridized carbons (Fsp3) is 0.143. The number of rotatable bonds is 0. The van der Waals surface area contributed by atoms with Gasteiger partial charge in [0.05, 0.1) is 4.47 Å². The van der Waals surface area contributed by atoms with Crippen LogP contribution in [-0.2, 0) is 0 Å². The first kappa shape index (κ1) is 7.41. The summed E-state index contributed by atoms with van der Waals surface area (Å²) in [6.45, 7) is 1.80. The average Bonchev–Trinajstić information content (AvgIpc) is 1.82. The summed E-state index contributed by atoms with van der Waals surface area (Å²) in [7, 11) is 0. The molecular formula is C7H7BrO2. The van der Waals surface area contributed by atoms with Crippen LogP contribution in [0, 0.1) is 6.92 Å². The van der Waals surface area contributed by atoms with Gasteiger partial charge in [0.25, 0.3) is 0 Å². The van der Waals surface area contributed by atoms with Gasteiger partial charge in [-0.25, -0.2) is 0 Å². The van der Waals surface area contributed by atoms with Gasteiger partial charge < -0.3 is 10.2 Å². The Morgan fingerprint density at radius 1 is 1.30 bits per heavy atom. The molecule has 0 radical (unpaired) electrons. The van der Waals surface area contributed by atoms with Crippen molar-refractivity contribution in [2.24, 2.45) is 0 Å². The number of phenols is 2. The van der Waals surface area contributed by atoms with Crippen LogP contribution in [0.1, 0.15) is 5.56 Å². The standard InChI is InChI=1S/C7H7BrO2/c1-4-2-5(9)3-6(10)7(4)8/h2-3,9-10H,1H3. The molecule has 0 aliphatic rings. The summed E-state index contributed by atoms with van der Waals surface area (Å²) in [4.78, 5) is 0. The van der Waals surface area contributed by atoms with Gasteiger partial charge in [-0.15, -0.1) is 0 Å². The molecule has 10 heavy (non-hydrogen) atoms. The van der Waals surface area contributed by atoms with E-state index in [2.05, 4.69) is 15.9 Å². The SMILES string of the molecule is Cc1cc(O)cc(O)c1Br. The molecule has 1 rings (SSSR count). The fourth-order valence-corrected chi connectivity index (χ4v) is 0.961. The molecule has 0 saturated heterocycles. The highest BCUT2D eigenvalue weighted by molar-refractivity contribution is 9.10. The molecule has 1 aromatic carbocycles. The Labute approximate surface area is 67.3 Å². The second kappa shape index (κ2) is 2.50. The molecule has 54 valence electrons. The minimum Gasteiger partial charge on any atom is -0.508 e. The lowest BCUT2D eigenvalue weighted by molar-refractivity contribution is 0.447. The molecule has 0 aliphatic heterocycles. The summed E-state index contributed by atoms with van der Waals surface area (Å²) in [6, 6.07) is 2.86. The fourth-order valence-electron chi connectivity index (χ4n) is 0.732. The van der Waals surface area contributed by atoms with E-state index in [-0.39, 0.29) is 11.5 Å². The molecule has 1 aromatic rings. The van der Waals surface area contributed by atoms with E-state index in [4.69, 9.17) is 10.2 Å². The van der Waals surface area contributed by atoms with Gasteiger partial charge in [0.2, 0.25) is 0 Å². The van der Waals surface area contributed by atoms with Gasteiger partial charge in [-0.3, -0.25) is 0 Å². The first-order chi connectivity index (χ1) is 4.61. The van der Waals surface area contributed by atoms with Crippen LogP contribution in [-0.4, -0.2) is 10.2 Å². The van der Waals surface area contributed by atoms with Crippen LogP contribution in [0.2, 0.25) is 0 Å². The molecular weight excluding hydrogens is 196 g/mol. The molecule has 0 unspecified atom stereocenters. The summed E-state index contributed by atoms with van der Waals surface area (Å²) in [5.41, 5.74) is 0.817. The maximum atomic E-state index is 9.07. The van der Waals surface area contributed by atoms with Gasteiger partial charge in [-0.2, -0.15) is 0 Å². The Balaban J connectivity index is 3.31. The summed E-state index contributed by atoms with van der Waals surface area (Å²) in [5.74, 6) is 0.149. The van der Waals surface area contributed by atoms with E-state index in [1.165, 1.54) is 6.07 Å². The lowest BCUT2D eigenvalue weighted by Gasteiger charge is -2.00. The van der Waals surface area contributed by atoms with Crippen LogP contribution in [0.4, 0.5) is 0 Å². The molecule has 0 atom stereocenters. The summed E-state index contributed by atoms with van der Waals surface area (Å²) < 4.78 is 0.630. The number of hydrogen-bond donors (Lipinski definition) is 2. The number of phenolic OH excluding ortho intramolecular Hbond substituents is 2. The van der Waals surface area contributed by atoms with Gasteiger partial charge in [0.1, 0.15) is 11.5 Å². The minimum atomic E-state index is 0.0671. The quantitative estimate of drug-likeness (QED) is 0.678. The monoisotopic (exact) mass is 202 g/mol. The van der Waals surface area contributed by atoms with Crippen LogP contribution >= 0.6 is 15.9 Å². The molecule has 3 heteroatoms. The number of benzene rings is 1. The van der Waals surface area contributed by atoms with Crippen molar-refractivity contribution in [1.82, 2.24) is 0 Å². The molecule has 2 nitrogen and oxygen atoms in total. The predicted molar refractivity (Wildman–Crippen MR) is 42.2 cm³/mol.